The van der Waals surface area contributed by atoms with Crippen LogP contribution in [-0.2, 0) is 6.42 Å². The van der Waals surface area contributed by atoms with Gasteiger partial charge in [0, 0.05) is 11.8 Å². The molecule has 104 valence electrons. The minimum Gasteiger partial charge on any atom is -0.320 e. The summed E-state index contributed by atoms with van der Waals surface area (Å²) in [5.41, 5.74) is 1.24. The molecule has 0 atom stereocenters. The molecule has 2 aromatic rings. The maximum atomic E-state index is 12.1. The molecule has 1 heterocycles. The van der Waals surface area contributed by atoms with Gasteiger partial charge in [-0.05, 0) is 24.5 Å². The van der Waals surface area contributed by atoms with Crippen molar-refractivity contribution >= 4 is 11.6 Å². The Hall–Kier alpha value is -2.63. The second-order valence-corrected chi connectivity index (χ2v) is 4.42. The second kappa shape index (κ2) is 5.56. The molecule has 0 spiro atoms. The van der Waals surface area contributed by atoms with Crippen molar-refractivity contribution in [2.75, 3.05) is 5.32 Å². The van der Waals surface area contributed by atoms with Gasteiger partial charge in [0.25, 0.3) is 11.5 Å². The summed E-state index contributed by atoms with van der Waals surface area (Å²) in [6, 6.07) is 6.78. The lowest BCUT2D eigenvalue weighted by Gasteiger charge is -2.12. The number of benzene rings is 1. The molecule has 0 radical (unpaired) electrons. The monoisotopic (exact) mass is 273 g/mol. The lowest BCUT2D eigenvalue weighted by atomic mass is 10.1. The van der Waals surface area contributed by atoms with Crippen molar-refractivity contribution in [3.05, 3.63) is 61.9 Å². The van der Waals surface area contributed by atoms with Crippen LogP contribution in [0.5, 0.6) is 0 Å². The summed E-state index contributed by atoms with van der Waals surface area (Å²) in [6.07, 6.45) is 0.767. The highest BCUT2D eigenvalue weighted by molar-refractivity contribution is 6.03. The van der Waals surface area contributed by atoms with Gasteiger partial charge in [0.1, 0.15) is 5.69 Å². The van der Waals surface area contributed by atoms with Crippen LogP contribution in [-0.4, -0.2) is 15.9 Å². The lowest BCUT2D eigenvalue weighted by molar-refractivity contribution is 0.102. The van der Waals surface area contributed by atoms with Gasteiger partial charge in [0.15, 0.2) is 0 Å². The van der Waals surface area contributed by atoms with E-state index < -0.39 is 17.2 Å². The molecular formula is C14H15N3O3. The molecule has 1 aromatic carbocycles. The van der Waals surface area contributed by atoms with Gasteiger partial charge in [-0.1, -0.05) is 25.1 Å². The predicted octanol–water partition coefficient (Wildman–Crippen LogP) is 1.19. The molecule has 6 heteroatoms. The van der Waals surface area contributed by atoms with Crippen LogP contribution in [0.15, 0.2) is 33.9 Å². The largest absolute Gasteiger partial charge is 0.326 e. The summed E-state index contributed by atoms with van der Waals surface area (Å²) in [4.78, 5) is 38.8. The highest BCUT2D eigenvalue weighted by Crippen LogP contribution is 2.21. The highest BCUT2D eigenvalue weighted by Gasteiger charge is 2.12. The molecule has 2 rings (SSSR count). The number of para-hydroxylation sites is 1. The number of aromatic nitrogens is 2. The third-order valence-electron chi connectivity index (χ3n) is 2.98. The fraction of sp³-hybridized carbons (Fsp3) is 0.214. The molecule has 0 saturated heterocycles. The Balaban J connectivity index is 2.37. The van der Waals surface area contributed by atoms with Crippen LogP contribution in [0.3, 0.4) is 0 Å². The molecule has 0 aliphatic carbocycles. The van der Waals surface area contributed by atoms with E-state index >= 15 is 0 Å². The van der Waals surface area contributed by atoms with Gasteiger partial charge in [-0.25, -0.2) is 4.79 Å². The van der Waals surface area contributed by atoms with Crippen LogP contribution < -0.4 is 16.6 Å². The number of hydrogen-bond donors (Lipinski definition) is 3. The van der Waals surface area contributed by atoms with Crippen molar-refractivity contribution < 1.29 is 4.79 Å². The molecule has 1 amide bonds. The Kier molecular flexibility index (Phi) is 3.84. The quantitative estimate of drug-likeness (QED) is 0.783. The van der Waals surface area contributed by atoms with Gasteiger partial charge in [-0.3, -0.25) is 14.6 Å². The van der Waals surface area contributed by atoms with Crippen LogP contribution in [0.1, 0.15) is 28.5 Å². The van der Waals surface area contributed by atoms with Gasteiger partial charge in [0.2, 0.25) is 0 Å². The summed E-state index contributed by atoms with van der Waals surface area (Å²) in [6.45, 7) is 3.87. The van der Waals surface area contributed by atoms with E-state index in [4.69, 9.17) is 0 Å². The van der Waals surface area contributed by atoms with Crippen molar-refractivity contribution in [1.29, 1.82) is 0 Å². The van der Waals surface area contributed by atoms with E-state index in [0.29, 0.717) is 5.69 Å². The van der Waals surface area contributed by atoms with Crippen LogP contribution >= 0.6 is 0 Å². The SMILES string of the molecule is CCc1cccc(C)c1NC(=O)c1cc(=O)[nH]c(=O)[nH]1. The average molecular weight is 273 g/mol. The molecule has 3 N–H and O–H groups in total. The fourth-order valence-electron chi connectivity index (χ4n) is 1.97. The zero-order chi connectivity index (χ0) is 14.7. The van der Waals surface area contributed by atoms with Crippen molar-refractivity contribution in [2.45, 2.75) is 20.3 Å². The number of nitrogens with one attached hydrogen (secondary N) is 3. The number of hydrogen-bond acceptors (Lipinski definition) is 3. The molecule has 0 fully saturated rings. The molecule has 20 heavy (non-hydrogen) atoms. The van der Waals surface area contributed by atoms with E-state index in [1.54, 1.807) is 0 Å². The fourth-order valence-corrected chi connectivity index (χ4v) is 1.97. The lowest BCUT2D eigenvalue weighted by Crippen LogP contribution is -2.27. The number of amides is 1. The van der Waals surface area contributed by atoms with E-state index in [9.17, 15) is 14.4 Å². The molecule has 0 bridgehead atoms. The first-order chi connectivity index (χ1) is 9.51. The summed E-state index contributed by atoms with van der Waals surface area (Å²) < 4.78 is 0. The standard InChI is InChI=1S/C14H15N3O3/c1-3-9-6-4-5-8(2)12(9)17-13(19)10-7-11(18)16-14(20)15-10/h4-7H,3H2,1-2H3,(H,17,19)(H2,15,16,18,20). The zero-order valence-electron chi connectivity index (χ0n) is 11.2. The maximum absolute atomic E-state index is 12.1. The third kappa shape index (κ3) is 2.85. The first-order valence-electron chi connectivity index (χ1n) is 6.24. The number of H-pyrrole nitrogens is 2. The van der Waals surface area contributed by atoms with Gasteiger partial charge >= 0.3 is 5.69 Å². The number of carbonyl (C=O) groups excluding carboxylic acids is 1. The van der Waals surface area contributed by atoms with Crippen molar-refractivity contribution in [3.8, 4) is 0 Å². The summed E-state index contributed by atoms with van der Waals surface area (Å²) in [5, 5.41) is 2.74. The zero-order valence-corrected chi connectivity index (χ0v) is 11.2. The number of carbonyl (C=O) groups is 1. The van der Waals surface area contributed by atoms with Crippen LogP contribution in [0.2, 0.25) is 0 Å². The van der Waals surface area contributed by atoms with E-state index in [1.807, 2.05) is 37.0 Å². The Morgan fingerprint density at radius 3 is 2.65 bits per heavy atom. The van der Waals surface area contributed by atoms with E-state index in [-0.39, 0.29) is 5.69 Å². The molecule has 0 aliphatic heterocycles. The summed E-state index contributed by atoms with van der Waals surface area (Å²) in [5.74, 6) is -0.516. The Morgan fingerprint density at radius 1 is 1.25 bits per heavy atom. The molecular weight excluding hydrogens is 258 g/mol. The topological polar surface area (TPSA) is 94.8 Å². The predicted molar refractivity (Wildman–Crippen MR) is 76.2 cm³/mol. The van der Waals surface area contributed by atoms with Crippen LogP contribution in [0.4, 0.5) is 5.69 Å². The number of aryl methyl sites for hydroxylation is 2. The van der Waals surface area contributed by atoms with Crippen LogP contribution in [0, 0.1) is 6.92 Å². The van der Waals surface area contributed by atoms with Crippen molar-refractivity contribution in [3.63, 3.8) is 0 Å². The Bertz CT molecular complexity index is 730. The highest BCUT2D eigenvalue weighted by atomic mass is 16.2. The first-order valence-corrected chi connectivity index (χ1v) is 6.24. The number of rotatable bonds is 3. The summed E-state index contributed by atoms with van der Waals surface area (Å²) >= 11 is 0. The van der Waals surface area contributed by atoms with E-state index in [0.717, 1.165) is 23.6 Å². The normalized spacial score (nSPS) is 10.3. The number of anilines is 1. The summed E-state index contributed by atoms with van der Waals surface area (Å²) in [7, 11) is 0. The Labute approximate surface area is 114 Å². The van der Waals surface area contributed by atoms with E-state index in [2.05, 4.69) is 10.3 Å². The second-order valence-electron chi connectivity index (χ2n) is 4.42. The van der Waals surface area contributed by atoms with Gasteiger partial charge in [-0.2, -0.15) is 0 Å². The van der Waals surface area contributed by atoms with Crippen molar-refractivity contribution in [2.24, 2.45) is 0 Å². The molecule has 1 aromatic heterocycles. The Morgan fingerprint density at radius 2 is 2.00 bits per heavy atom. The van der Waals surface area contributed by atoms with Gasteiger partial charge < -0.3 is 10.3 Å². The van der Waals surface area contributed by atoms with Gasteiger partial charge in [-0.15, -0.1) is 0 Å². The minimum absolute atomic E-state index is 0.0657. The molecule has 0 unspecified atom stereocenters. The third-order valence-corrected chi connectivity index (χ3v) is 2.98. The van der Waals surface area contributed by atoms with Gasteiger partial charge in [0.05, 0.1) is 0 Å². The van der Waals surface area contributed by atoms with Crippen molar-refractivity contribution in [1.82, 2.24) is 9.97 Å². The number of aromatic amines is 2. The first kappa shape index (κ1) is 13.8. The molecule has 0 aliphatic rings. The average Bonchev–Trinajstić information content (AvgIpc) is 2.39. The smallest absolute Gasteiger partial charge is 0.320 e. The maximum Gasteiger partial charge on any atom is 0.326 e. The minimum atomic E-state index is -0.705. The van der Waals surface area contributed by atoms with E-state index in [1.165, 1.54) is 0 Å². The van der Waals surface area contributed by atoms with Crippen LogP contribution in [0.25, 0.3) is 0 Å². The molecule has 0 saturated carbocycles. The molecule has 6 nitrogen and oxygen atoms in total.